The van der Waals surface area contributed by atoms with Crippen LogP contribution in [0.15, 0.2) is 18.2 Å². The number of carbonyl (C=O) groups excluding carboxylic acids is 1. The van der Waals surface area contributed by atoms with Gasteiger partial charge in [0.1, 0.15) is 11.4 Å². The first kappa shape index (κ1) is 17.4. The molecule has 0 aliphatic rings. The van der Waals surface area contributed by atoms with Crippen molar-refractivity contribution in [1.29, 1.82) is 0 Å². The number of ether oxygens (including phenoxy) is 2. The van der Waals surface area contributed by atoms with Crippen LogP contribution in [-0.2, 0) is 4.74 Å². The predicted octanol–water partition coefficient (Wildman–Crippen LogP) is 3.68. The molecular formula is C15H23ClN2O3. The summed E-state index contributed by atoms with van der Waals surface area (Å²) in [5.74, 6) is 0.633. The lowest BCUT2D eigenvalue weighted by atomic mass is 10.2. The number of benzene rings is 1. The Morgan fingerprint density at radius 2 is 2.00 bits per heavy atom. The van der Waals surface area contributed by atoms with Crippen molar-refractivity contribution in [1.82, 2.24) is 5.32 Å². The van der Waals surface area contributed by atoms with Crippen molar-refractivity contribution in [3.8, 4) is 5.75 Å². The average Bonchev–Trinajstić information content (AvgIpc) is 2.38. The van der Waals surface area contributed by atoms with E-state index in [4.69, 9.17) is 21.1 Å². The summed E-state index contributed by atoms with van der Waals surface area (Å²) in [4.78, 5) is 11.4. The topological polar surface area (TPSA) is 59.6 Å². The SMILES string of the molecule is COc1cc(NCCCNC(=O)OC(C)(C)C)ccc1Cl. The van der Waals surface area contributed by atoms with E-state index >= 15 is 0 Å². The quantitative estimate of drug-likeness (QED) is 0.786. The van der Waals surface area contributed by atoms with E-state index in [2.05, 4.69) is 10.6 Å². The van der Waals surface area contributed by atoms with Crippen LogP contribution in [0.2, 0.25) is 5.02 Å². The third-order valence-corrected chi connectivity index (χ3v) is 2.81. The van der Waals surface area contributed by atoms with Crippen LogP contribution >= 0.6 is 11.6 Å². The number of carbonyl (C=O) groups is 1. The van der Waals surface area contributed by atoms with Crippen LogP contribution in [0.4, 0.5) is 10.5 Å². The Balaban J connectivity index is 2.24. The van der Waals surface area contributed by atoms with E-state index < -0.39 is 11.7 Å². The minimum Gasteiger partial charge on any atom is -0.495 e. The number of hydrogen-bond donors (Lipinski definition) is 2. The molecule has 0 unspecified atom stereocenters. The standard InChI is InChI=1S/C15H23ClN2O3/c1-15(2,3)21-14(19)18-9-5-8-17-11-6-7-12(16)13(10-11)20-4/h6-7,10,17H,5,8-9H2,1-4H3,(H,18,19). The molecule has 118 valence electrons. The second kappa shape index (κ2) is 7.98. The van der Waals surface area contributed by atoms with Gasteiger partial charge in [0.25, 0.3) is 0 Å². The van der Waals surface area contributed by atoms with Gasteiger partial charge in [-0.15, -0.1) is 0 Å². The molecule has 0 radical (unpaired) electrons. The van der Waals surface area contributed by atoms with E-state index in [1.54, 1.807) is 13.2 Å². The molecule has 2 N–H and O–H groups in total. The smallest absolute Gasteiger partial charge is 0.407 e. The highest BCUT2D eigenvalue weighted by Crippen LogP contribution is 2.27. The molecule has 1 aromatic rings. The fraction of sp³-hybridized carbons (Fsp3) is 0.533. The van der Waals surface area contributed by atoms with Crippen molar-refractivity contribution in [2.45, 2.75) is 32.8 Å². The van der Waals surface area contributed by atoms with Crippen LogP contribution in [0.25, 0.3) is 0 Å². The number of hydrogen-bond acceptors (Lipinski definition) is 4. The van der Waals surface area contributed by atoms with Crippen molar-refractivity contribution in [3.63, 3.8) is 0 Å². The van der Waals surface area contributed by atoms with Crippen LogP contribution in [0, 0.1) is 0 Å². The van der Waals surface area contributed by atoms with Gasteiger partial charge in [-0.05, 0) is 39.3 Å². The van der Waals surface area contributed by atoms with Crippen LogP contribution < -0.4 is 15.4 Å². The van der Waals surface area contributed by atoms with Crippen molar-refractivity contribution < 1.29 is 14.3 Å². The fourth-order valence-corrected chi connectivity index (χ4v) is 1.79. The molecular weight excluding hydrogens is 292 g/mol. The van der Waals surface area contributed by atoms with E-state index in [0.717, 1.165) is 18.7 Å². The Morgan fingerprint density at radius 1 is 1.29 bits per heavy atom. The largest absolute Gasteiger partial charge is 0.495 e. The number of anilines is 1. The van der Waals surface area contributed by atoms with Crippen LogP contribution in [0.1, 0.15) is 27.2 Å². The van der Waals surface area contributed by atoms with Gasteiger partial charge < -0.3 is 20.1 Å². The monoisotopic (exact) mass is 314 g/mol. The zero-order valence-electron chi connectivity index (χ0n) is 13.0. The molecule has 1 rings (SSSR count). The van der Waals surface area contributed by atoms with Gasteiger partial charge in [-0.25, -0.2) is 4.79 Å². The Morgan fingerprint density at radius 3 is 2.62 bits per heavy atom. The number of methoxy groups -OCH3 is 1. The first-order valence-electron chi connectivity index (χ1n) is 6.86. The van der Waals surface area contributed by atoms with Gasteiger partial charge in [0.2, 0.25) is 0 Å². The van der Waals surface area contributed by atoms with Gasteiger partial charge in [-0.1, -0.05) is 11.6 Å². The van der Waals surface area contributed by atoms with Gasteiger partial charge in [-0.3, -0.25) is 0 Å². The molecule has 0 aromatic heterocycles. The molecule has 0 aliphatic heterocycles. The van der Waals surface area contributed by atoms with E-state index in [1.165, 1.54) is 0 Å². The molecule has 0 atom stereocenters. The first-order chi connectivity index (χ1) is 9.81. The second-order valence-electron chi connectivity index (χ2n) is 5.56. The molecule has 0 spiro atoms. The first-order valence-corrected chi connectivity index (χ1v) is 7.24. The third-order valence-electron chi connectivity index (χ3n) is 2.50. The molecule has 5 nitrogen and oxygen atoms in total. The van der Waals surface area contributed by atoms with Crippen LogP contribution in [-0.4, -0.2) is 31.9 Å². The highest BCUT2D eigenvalue weighted by atomic mass is 35.5. The van der Waals surface area contributed by atoms with Crippen LogP contribution in [0.5, 0.6) is 5.75 Å². The Hall–Kier alpha value is -1.62. The highest BCUT2D eigenvalue weighted by Gasteiger charge is 2.15. The number of amides is 1. The summed E-state index contributed by atoms with van der Waals surface area (Å²) in [6.45, 7) is 6.78. The van der Waals surface area contributed by atoms with Crippen molar-refractivity contribution in [3.05, 3.63) is 23.2 Å². The van der Waals surface area contributed by atoms with E-state index in [0.29, 0.717) is 17.3 Å². The second-order valence-corrected chi connectivity index (χ2v) is 5.97. The molecule has 0 heterocycles. The van der Waals surface area contributed by atoms with E-state index in [9.17, 15) is 4.79 Å². The third kappa shape index (κ3) is 7.09. The summed E-state index contributed by atoms with van der Waals surface area (Å²) in [7, 11) is 1.58. The normalized spacial score (nSPS) is 10.9. The number of halogens is 1. The highest BCUT2D eigenvalue weighted by molar-refractivity contribution is 6.32. The van der Waals surface area contributed by atoms with Crippen molar-refractivity contribution in [2.75, 3.05) is 25.5 Å². The maximum absolute atomic E-state index is 11.4. The lowest BCUT2D eigenvalue weighted by molar-refractivity contribution is 0.0528. The zero-order chi connectivity index (χ0) is 15.9. The fourth-order valence-electron chi connectivity index (χ4n) is 1.60. The number of alkyl carbamates (subject to hydrolysis) is 1. The summed E-state index contributed by atoms with van der Waals surface area (Å²) in [5.41, 5.74) is 0.455. The number of nitrogens with one attached hydrogen (secondary N) is 2. The van der Waals surface area contributed by atoms with Crippen LogP contribution in [0.3, 0.4) is 0 Å². The molecule has 21 heavy (non-hydrogen) atoms. The van der Waals surface area contributed by atoms with Gasteiger partial charge in [0.15, 0.2) is 0 Å². The Kier molecular flexibility index (Phi) is 6.62. The molecule has 0 fully saturated rings. The molecule has 0 aliphatic carbocycles. The van der Waals surface area contributed by atoms with Crippen molar-refractivity contribution >= 4 is 23.4 Å². The van der Waals surface area contributed by atoms with E-state index in [1.807, 2.05) is 32.9 Å². The molecule has 0 bridgehead atoms. The predicted molar refractivity (Wildman–Crippen MR) is 85.3 cm³/mol. The summed E-state index contributed by atoms with van der Waals surface area (Å²) < 4.78 is 10.3. The lowest BCUT2D eigenvalue weighted by Crippen LogP contribution is -2.33. The molecule has 0 saturated heterocycles. The van der Waals surface area contributed by atoms with E-state index in [-0.39, 0.29) is 0 Å². The maximum Gasteiger partial charge on any atom is 0.407 e. The Bertz CT molecular complexity index is 472. The summed E-state index contributed by atoms with van der Waals surface area (Å²) in [5, 5.41) is 6.53. The van der Waals surface area contributed by atoms with Gasteiger partial charge in [0.05, 0.1) is 12.1 Å². The van der Waals surface area contributed by atoms with Gasteiger partial charge in [-0.2, -0.15) is 0 Å². The minimum atomic E-state index is -0.470. The summed E-state index contributed by atoms with van der Waals surface area (Å²) in [6.07, 6.45) is 0.389. The zero-order valence-corrected chi connectivity index (χ0v) is 13.7. The molecule has 1 aromatic carbocycles. The average molecular weight is 315 g/mol. The number of rotatable bonds is 6. The maximum atomic E-state index is 11.4. The molecule has 6 heteroatoms. The van der Waals surface area contributed by atoms with Gasteiger partial charge in [0, 0.05) is 24.8 Å². The lowest BCUT2D eigenvalue weighted by Gasteiger charge is -2.19. The summed E-state index contributed by atoms with van der Waals surface area (Å²) in [6, 6.07) is 5.50. The molecule has 1 amide bonds. The minimum absolute atomic E-state index is 0.393. The molecule has 0 saturated carbocycles. The van der Waals surface area contributed by atoms with Crippen molar-refractivity contribution in [2.24, 2.45) is 0 Å². The summed E-state index contributed by atoms with van der Waals surface area (Å²) >= 11 is 5.95. The Labute approximate surface area is 131 Å². The van der Waals surface area contributed by atoms with Gasteiger partial charge >= 0.3 is 6.09 Å².